The number of nitrogens with one attached hydrogen (secondary N) is 1. The second kappa shape index (κ2) is 5.72. The number of nitro benzene ring substituents is 1. The molecule has 1 aromatic carbocycles. The van der Waals surface area contributed by atoms with Crippen LogP contribution in [0.2, 0.25) is 0 Å². The van der Waals surface area contributed by atoms with Crippen molar-refractivity contribution >= 4 is 17.1 Å². The summed E-state index contributed by atoms with van der Waals surface area (Å²) < 4.78 is 0. The van der Waals surface area contributed by atoms with Crippen LogP contribution in [0.15, 0.2) is 53.9 Å². The summed E-state index contributed by atoms with van der Waals surface area (Å²) in [6.07, 6.45) is 3.39. The Hall–Kier alpha value is -2.76. The first-order valence-corrected chi connectivity index (χ1v) is 5.62. The van der Waals surface area contributed by atoms with Gasteiger partial charge >= 0.3 is 0 Å². The second-order valence-corrected chi connectivity index (χ2v) is 3.85. The van der Waals surface area contributed by atoms with Gasteiger partial charge < -0.3 is 0 Å². The van der Waals surface area contributed by atoms with Gasteiger partial charge in [-0.15, -0.1) is 0 Å². The number of rotatable bonds is 4. The fourth-order valence-electron chi connectivity index (χ4n) is 1.46. The molecule has 0 fully saturated rings. The van der Waals surface area contributed by atoms with Crippen LogP contribution in [0.4, 0.5) is 11.4 Å². The molecule has 19 heavy (non-hydrogen) atoms. The van der Waals surface area contributed by atoms with Crippen molar-refractivity contribution in [2.24, 2.45) is 5.10 Å². The maximum Gasteiger partial charge on any atom is 0.269 e. The molecule has 6 nitrogen and oxygen atoms in total. The van der Waals surface area contributed by atoms with Gasteiger partial charge in [-0.25, -0.2) is 0 Å². The first-order chi connectivity index (χ1) is 9.16. The minimum absolute atomic E-state index is 0.0559. The van der Waals surface area contributed by atoms with Crippen LogP contribution in [0.3, 0.4) is 0 Å². The first-order valence-electron chi connectivity index (χ1n) is 5.62. The van der Waals surface area contributed by atoms with Crippen molar-refractivity contribution in [3.63, 3.8) is 0 Å². The van der Waals surface area contributed by atoms with Crippen molar-refractivity contribution in [1.82, 2.24) is 4.98 Å². The fourth-order valence-corrected chi connectivity index (χ4v) is 1.46. The number of hydrogen-bond donors (Lipinski definition) is 1. The van der Waals surface area contributed by atoms with Gasteiger partial charge in [0.15, 0.2) is 0 Å². The molecule has 0 amide bonds. The van der Waals surface area contributed by atoms with E-state index < -0.39 is 4.92 Å². The van der Waals surface area contributed by atoms with E-state index in [0.717, 1.165) is 11.3 Å². The molecule has 0 aliphatic heterocycles. The zero-order chi connectivity index (χ0) is 13.7. The maximum atomic E-state index is 10.5. The summed E-state index contributed by atoms with van der Waals surface area (Å²) >= 11 is 0. The lowest BCUT2D eigenvalue weighted by Gasteiger charge is -2.03. The minimum Gasteiger partial charge on any atom is -0.278 e. The Labute approximate surface area is 110 Å². The van der Waals surface area contributed by atoms with E-state index in [9.17, 15) is 10.1 Å². The number of nitro groups is 1. The molecule has 1 heterocycles. The standard InChI is InChI=1S/C13H12N4O2/c1-10(11-6-8-14-9-7-11)15-16-12-2-4-13(5-3-12)17(18)19/h2-9,16H,1H3. The average molecular weight is 256 g/mol. The third-order valence-electron chi connectivity index (χ3n) is 2.53. The topological polar surface area (TPSA) is 80.4 Å². The normalized spacial score (nSPS) is 11.1. The first kappa shape index (κ1) is 12.7. The molecule has 0 radical (unpaired) electrons. The van der Waals surface area contributed by atoms with Gasteiger partial charge in [0.25, 0.3) is 5.69 Å². The number of non-ortho nitro benzene ring substituents is 1. The quantitative estimate of drug-likeness (QED) is 0.518. The Morgan fingerprint density at radius 1 is 1.21 bits per heavy atom. The van der Waals surface area contributed by atoms with Crippen LogP contribution in [0.1, 0.15) is 12.5 Å². The number of anilines is 1. The van der Waals surface area contributed by atoms with Crippen LogP contribution in [0.25, 0.3) is 0 Å². The van der Waals surface area contributed by atoms with Crippen LogP contribution in [-0.2, 0) is 0 Å². The molecule has 0 bridgehead atoms. The summed E-state index contributed by atoms with van der Waals surface area (Å²) in [5.41, 5.74) is 5.37. The van der Waals surface area contributed by atoms with Gasteiger partial charge in [-0.2, -0.15) is 5.10 Å². The number of benzene rings is 1. The third kappa shape index (κ3) is 3.35. The molecule has 0 unspecified atom stereocenters. The van der Waals surface area contributed by atoms with Crippen molar-refractivity contribution in [2.45, 2.75) is 6.92 Å². The van der Waals surface area contributed by atoms with Gasteiger partial charge in [0.05, 0.1) is 16.3 Å². The van der Waals surface area contributed by atoms with Gasteiger partial charge in [-0.05, 0) is 31.2 Å². The highest BCUT2D eigenvalue weighted by Gasteiger charge is 2.03. The van der Waals surface area contributed by atoms with Gasteiger partial charge in [-0.1, -0.05) is 0 Å². The SMILES string of the molecule is CC(=NNc1ccc([N+](=O)[O-])cc1)c1ccncc1. The molecule has 2 rings (SSSR count). The molecular weight excluding hydrogens is 244 g/mol. The highest BCUT2D eigenvalue weighted by Crippen LogP contribution is 2.15. The van der Waals surface area contributed by atoms with Crippen LogP contribution in [-0.4, -0.2) is 15.6 Å². The Morgan fingerprint density at radius 3 is 2.42 bits per heavy atom. The van der Waals surface area contributed by atoms with E-state index in [1.165, 1.54) is 12.1 Å². The summed E-state index contributed by atoms with van der Waals surface area (Å²) in [7, 11) is 0. The van der Waals surface area contributed by atoms with E-state index >= 15 is 0 Å². The van der Waals surface area contributed by atoms with Crippen molar-refractivity contribution < 1.29 is 4.92 Å². The van der Waals surface area contributed by atoms with E-state index in [4.69, 9.17) is 0 Å². The Kier molecular flexibility index (Phi) is 3.82. The number of pyridine rings is 1. The summed E-state index contributed by atoms with van der Waals surface area (Å²) in [5.74, 6) is 0. The van der Waals surface area contributed by atoms with Crippen molar-refractivity contribution in [3.8, 4) is 0 Å². The number of hydrazone groups is 1. The number of aromatic nitrogens is 1. The highest BCUT2D eigenvalue weighted by atomic mass is 16.6. The fraction of sp³-hybridized carbons (Fsp3) is 0.0769. The van der Waals surface area contributed by atoms with Gasteiger partial charge in [0, 0.05) is 30.1 Å². The van der Waals surface area contributed by atoms with Crippen LogP contribution >= 0.6 is 0 Å². The molecule has 1 N–H and O–H groups in total. The lowest BCUT2D eigenvalue weighted by Crippen LogP contribution is -1.99. The number of nitrogens with zero attached hydrogens (tertiary/aromatic N) is 3. The van der Waals surface area contributed by atoms with E-state index in [1.807, 2.05) is 19.1 Å². The largest absolute Gasteiger partial charge is 0.278 e. The summed E-state index contributed by atoms with van der Waals surface area (Å²) in [6.45, 7) is 1.87. The third-order valence-corrected chi connectivity index (χ3v) is 2.53. The molecule has 0 saturated carbocycles. The van der Waals surface area contributed by atoms with Crippen LogP contribution in [0.5, 0.6) is 0 Å². The molecule has 0 saturated heterocycles. The van der Waals surface area contributed by atoms with Crippen LogP contribution < -0.4 is 5.43 Å². The lowest BCUT2D eigenvalue weighted by atomic mass is 10.2. The maximum absolute atomic E-state index is 10.5. The lowest BCUT2D eigenvalue weighted by molar-refractivity contribution is -0.384. The van der Waals surface area contributed by atoms with E-state index in [1.54, 1.807) is 24.5 Å². The Balaban J connectivity index is 2.08. The van der Waals surface area contributed by atoms with E-state index in [2.05, 4.69) is 15.5 Å². The van der Waals surface area contributed by atoms with Crippen LogP contribution in [0, 0.1) is 10.1 Å². The summed E-state index contributed by atoms with van der Waals surface area (Å²) in [5, 5.41) is 14.7. The van der Waals surface area contributed by atoms with Gasteiger partial charge in [-0.3, -0.25) is 20.5 Å². The monoisotopic (exact) mass is 256 g/mol. The Bertz CT molecular complexity index is 594. The predicted octanol–water partition coefficient (Wildman–Crippen LogP) is 2.83. The molecule has 6 heteroatoms. The molecule has 1 aromatic heterocycles. The average Bonchev–Trinajstić information content (AvgIpc) is 2.46. The molecule has 0 spiro atoms. The van der Waals surface area contributed by atoms with Crippen molar-refractivity contribution in [3.05, 3.63) is 64.5 Å². The zero-order valence-electron chi connectivity index (χ0n) is 10.3. The number of hydrogen-bond acceptors (Lipinski definition) is 5. The van der Waals surface area contributed by atoms with Crippen molar-refractivity contribution in [1.29, 1.82) is 0 Å². The van der Waals surface area contributed by atoms with E-state index in [0.29, 0.717) is 5.69 Å². The molecule has 2 aromatic rings. The molecular formula is C13H12N4O2. The molecule has 0 atom stereocenters. The molecule has 96 valence electrons. The zero-order valence-corrected chi connectivity index (χ0v) is 10.3. The van der Waals surface area contributed by atoms with Crippen molar-refractivity contribution in [2.75, 3.05) is 5.43 Å². The Morgan fingerprint density at radius 2 is 1.84 bits per heavy atom. The summed E-state index contributed by atoms with van der Waals surface area (Å²) in [6, 6.07) is 9.80. The molecule has 0 aliphatic rings. The van der Waals surface area contributed by atoms with Gasteiger partial charge in [0.2, 0.25) is 0 Å². The van der Waals surface area contributed by atoms with Gasteiger partial charge in [0.1, 0.15) is 0 Å². The smallest absolute Gasteiger partial charge is 0.269 e. The molecule has 0 aliphatic carbocycles. The highest BCUT2D eigenvalue weighted by molar-refractivity contribution is 5.98. The predicted molar refractivity (Wildman–Crippen MR) is 73.2 cm³/mol. The summed E-state index contributed by atoms with van der Waals surface area (Å²) in [4.78, 5) is 14.0. The van der Waals surface area contributed by atoms with E-state index in [-0.39, 0.29) is 5.69 Å². The minimum atomic E-state index is -0.435. The second-order valence-electron chi connectivity index (χ2n) is 3.85.